The van der Waals surface area contributed by atoms with E-state index < -0.39 is 5.92 Å². The van der Waals surface area contributed by atoms with Crippen molar-refractivity contribution < 1.29 is 8.78 Å². The molecule has 0 N–H and O–H groups in total. The molecule has 0 spiro atoms. The van der Waals surface area contributed by atoms with Gasteiger partial charge in [-0.25, -0.2) is 8.78 Å². The Morgan fingerprint density at radius 3 is 2.73 bits per heavy atom. The maximum atomic E-state index is 13.9. The largest absolute Gasteiger partial charge is 0.273 e. The van der Waals surface area contributed by atoms with Crippen molar-refractivity contribution in [1.29, 1.82) is 0 Å². The second-order valence-corrected chi connectivity index (χ2v) is 5.03. The third kappa shape index (κ3) is 1.30. The average molecular weight is 208 g/mol. The van der Waals surface area contributed by atoms with Crippen LogP contribution in [0.2, 0.25) is 0 Å². The van der Waals surface area contributed by atoms with Crippen LogP contribution in [0, 0.1) is 12.8 Å². The van der Waals surface area contributed by atoms with E-state index in [0.29, 0.717) is 11.5 Å². The summed E-state index contributed by atoms with van der Waals surface area (Å²) in [6.45, 7) is 1.88. The molecule has 2 heteroatoms. The second-order valence-electron chi connectivity index (χ2n) is 5.03. The first-order chi connectivity index (χ1) is 7.06. The number of rotatable bonds is 0. The molecule has 3 aliphatic rings. The number of hydrogen-bond donors (Lipinski definition) is 0. The maximum Gasteiger partial charge on any atom is 0.273 e. The number of benzene rings is 1. The lowest BCUT2D eigenvalue weighted by Gasteiger charge is -2.32. The molecule has 0 atom stereocenters. The second kappa shape index (κ2) is 2.81. The van der Waals surface area contributed by atoms with Crippen LogP contribution in [0.1, 0.15) is 41.9 Å². The lowest BCUT2D eigenvalue weighted by atomic mass is 9.72. The molecule has 4 rings (SSSR count). The van der Waals surface area contributed by atoms with E-state index in [1.807, 2.05) is 19.1 Å². The molecule has 0 amide bonds. The van der Waals surface area contributed by atoms with Gasteiger partial charge >= 0.3 is 0 Å². The predicted molar refractivity (Wildman–Crippen MR) is 55.2 cm³/mol. The summed E-state index contributed by atoms with van der Waals surface area (Å²) >= 11 is 0. The van der Waals surface area contributed by atoms with Crippen LogP contribution in [-0.2, 0) is 5.92 Å². The minimum absolute atomic E-state index is 0.0555. The molecule has 1 aromatic carbocycles. The molecule has 0 heterocycles. The van der Waals surface area contributed by atoms with Gasteiger partial charge in [0.1, 0.15) is 0 Å². The summed E-state index contributed by atoms with van der Waals surface area (Å²) < 4.78 is 27.8. The minimum Gasteiger partial charge on any atom is -0.201 e. The summed E-state index contributed by atoms with van der Waals surface area (Å²) in [5.41, 5.74) is 2.14. The van der Waals surface area contributed by atoms with Crippen LogP contribution >= 0.6 is 0 Å². The van der Waals surface area contributed by atoms with E-state index in [4.69, 9.17) is 0 Å². The van der Waals surface area contributed by atoms with Crippen LogP contribution in [0.3, 0.4) is 0 Å². The van der Waals surface area contributed by atoms with Crippen LogP contribution in [0.4, 0.5) is 8.78 Å². The van der Waals surface area contributed by atoms with Gasteiger partial charge in [-0.15, -0.1) is 0 Å². The molecular weight excluding hydrogens is 194 g/mol. The van der Waals surface area contributed by atoms with Gasteiger partial charge in [-0.3, -0.25) is 0 Å². The van der Waals surface area contributed by atoms with Gasteiger partial charge in [-0.1, -0.05) is 17.7 Å². The summed E-state index contributed by atoms with van der Waals surface area (Å²) in [7, 11) is 0. The molecule has 3 aliphatic carbocycles. The fourth-order valence-electron chi connectivity index (χ4n) is 2.97. The highest BCUT2D eigenvalue weighted by molar-refractivity contribution is 5.40. The van der Waals surface area contributed by atoms with Crippen molar-refractivity contribution in [2.45, 2.75) is 38.0 Å². The molecule has 0 nitrogen and oxygen atoms in total. The van der Waals surface area contributed by atoms with E-state index in [0.717, 1.165) is 24.0 Å². The first kappa shape index (κ1) is 9.32. The highest BCUT2D eigenvalue weighted by Crippen LogP contribution is 2.55. The molecule has 0 aromatic heterocycles. The fourth-order valence-corrected chi connectivity index (χ4v) is 2.97. The zero-order chi connectivity index (χ0) is 10.6. The van der Waals surface area contributed by atoms with Gasteiger partial charge in [-0.2, -0.15) is 0 Å². The Bertz CT molecular complexity index is 403. The zero-order valence-corrected chi connectivity index (χ0v) is 8.76. The summed E-state index contributed by atoms with van der Waals surface area (Å²) in [5, 5.41) is 0. The minimum atomic E-state index is -2.60. The normalized spacial score (nSPS) is 31.4. The van der Waals surface area contributed by atoms with Gasteiger partial charge in [-0.05, 0) is 43.2 Å². The Hall–Kier alpha value is -0.920. The Balaban J connectivity index is 2.18. The van der Waals surface area contributed by atoms with Crippen molar-refractivity contribution in [3.8, 4) is 0 Å². The summed E-state index contributed by atoms with van der Waals surface area (Å²) in [6.07, 6.45) is 1.98. The van der Waals surface area contributed by atoms with Crippen molar-refractivity contribution >= 4 is 0 Å². The van der Waals surface area contributed by atoms with Gasteiger partial charge in [0, 0.05) is 12.0 Å². The lowest BCUT2D eigenvalue weighted by Crippen LogP contribution is -2.21. The Kier molecular flexibility index (Phi) is 1.74. The Morgan fingerprint density at radius 1 is 1.27 bits per heavy atom. The molecule has 1 fully saturated rings. The number of aryl methyl sites for hydroxylation is 1. The smallest absolute Gasteiger partial charge is 0.201 e. The topological polar surface area (TPSA) is 0 Å². The third-order valence-electron chi connectivity index (χ3n) is 3.82. The van der Waals surface area contributed by atoms with Crippen molar-refractivity contribution in [1.82, 2.24) is 0 Å². The van der Waals surface area contributed by atoms with Crippen molar-refractivity contribution in [2.24, 2.45) is 5.92 Å². The van der Waals surface area contributed by atoms with Crippen molar-refractivity contribution in [2.75, 3.05) is 0 Å². The van der Waals surface area contributed by atoms with Gasteiger partial charge in [0.2, 0.25) is 0 Å². The number of fused-ring (bicyclic) bond motifs is 1. The van der Waals surface area contributed by atoms with Gasteiger partial charge in [0.05, 0.1) is 0 Å². The number of halogens is 2. The molecule has 0 saturated heterocycles. The monoisotopic (exact) mass is 208 g/mol. The van der Waals surface area contributed by atoms with Crippen LogP contribution < -0.4 is 0 Å². The summed E-state index contributed by atoms with van der Waals surface area (Å²) in [4.78, 5) is 0. The molecular formula is C13H14F2. The first-order valence-electron chi connectivity index (χ1n) is 5.55. The molecule has 0 aliphatic heterocycles. The van der Waals surface area contributed by atoms with E-state index in [2.05, 4.69) is 0 Å². The highest BCUT2D eigenvalue weighted by atomic mass is 19.3. The molecule has 15 heavy (non-hydrogen) atoms. The van der Waals surface area contributed by atoms with E-state index in [1.54, 1.807) is 6.07 Å². The third-order valence-corrected chi connectivity index (χ3v) is 3.82. The molecule has 1 saturated carbocycles. The fraction of sp³-hybridized carbons (Fsp3) is 0.538. The Labute approximate surface area is 88.3 Å². The quantitative estimate of drug-likeness (QED) is 0.605. The van der Waals surface area contributed by atoms with Gasteiger partial charge in [0.15, 0.2) is 0 Å². The lowest BCUT2D eigenvalue weighted by molar-refractivity contribution is -0.0331. The van der Waals surface area contributed by atoms with Gasteiger partial charge < -0.3 is 0 Å². The van der Waals surface area contributed by atoms with Crippen molar-refractivity contribution in [3.05, 3.63) is 34.9 Å². The van der Waals surface area contributed by atoms with E-state index >= 15 is 0 Å². The SMILES string of the molecule is Cc1ccc2c(c1)C(F)(F)CC1CC2C1. The van der Waals surface area contributed by atoms with Crippen molar-refractivity contribution in [3.63, 3.8) is 0 Å². The first-order valence-corrected chi connectivity index (χ1v) is 5.55. The van der Waals surface area contributed by atoms with E-state index in [1.165, 1.54) is 0 Å². The van der Waals surface area contributed by atoms with Crippen LogP contribution in [0.5, 0.6) is 0 Å². The molecule has 2 bridgehead atoms. The Morgan fingerprint density at radius 2 is 2.00 bits per heavy atom. The summed E-state index contributed by atoms with van der Waals surface area (Å²) in [5.74, 6) is -1.95. The standard InChI is InChI=1S/C13H14F2/c1-8-2-3-11-10-5-9(6-10)7-13(14,15)12(11)4-8/h2-4,9-10H,5-7H2,1H3. The molecule has 0 unspecified atom stereocenters. The van der Waals surface area contributed by atoms with Crippen LogP contribution in [0.25, 0.3) is 0 Å². The number of hydrogen-bond acceptors (Lipinski definition) is 0. The molecule has 80 valence electrons. The van der Waals surface area contributed by atoms with E-state index in [9.17, 15) is 8.78 Å². The van der Waals surface area contributed by atoms with E-state index in [-0.39, 0.29) is 12.3 Å². The summed E-state index contributed by atoms with van der Waals surface area (Å²) in [6, 6.07) is 5.54. The molecule has 1 aromatic rings. The predicted octanol–water partition coefficient (Wildman–Crippen LogP) is 3.98. The average Bonchev–Trinajstić information content (AvgIpc) is 2.27. The molecule has 0 radical (unpaired) electrons. The van der Waals surface area contributed by atoms with Crippen LogP contribution in [-0.4, -0.2) is 0 Å². The maximum absolute atomic E-state index is 13.9. The number of alkyl halides is 2. The van der Waals surface area contributed by atoms with Gasteiger partial charge in [0.25, 0.3) is 5.92 Å². The highest BCUT2D eigenvalue weighted by Gasteiger charge is 2.47. The zero-order valence-electron chi connectivity index (χ0n) is 8.76. The van der Waals surface area contributed by atoms with Crippen LogP contribution in [0.15, 0.2) is 18.2 Å².